The maximum Gasteiger partial charge on any atom is 0.259 e. The maximum absolute atomic E-state index is 12.8. The molecule has 3 fully saturated rings. The minimum Gasteiger partial charge on any atom is -0.511 e. The van der Waals surface area contributed by atoms with Crippen molar-refractivity contribution in [2.45, 2.75) is 71.3 Å². The quantitative estimate of drug-likeness (QED) is 0.386. The van der Waals surface area contributed by atoms with E-state index in [2.05, 4.69) is 36.6 Å². The highest BCUT2D eigenvalue weighted by Gasteiger charge is 2.52. The van der Waals surface area contributed by atoms with Crippen LogP contribution in [0.15, 0.2) is 35.6 Å². The number of aliphatic hydroxyl groups excluding tert-OH is 1. The molecule has 1 saturated heterocycles. The van der Waals surface area contributed by atoms with Gasteiger partial charge in [-0.2, -0.15) is 0 Å². The number of Topliss-reactive ketones (excluding diaryl/α,β-unsaturated/α-hetero) is 1. The molecule has 35 heavy (non-hydrogen) atoms. The first-order valence-electron chi connectivity index (χ1n) is 13.8. The zero-order chi connectivity index (χ0) is 24.7. The molecule has 0 aromatic heterocycles. The van der Waals surface area contributed by atoms with Gasteiger partial charge in [0, 0.05) is 13.0 Å². The number of carbonyl (C=O) groups is 3. The van der Waals surface area contributed by atoms with Crippen molar-refractivity contribution in [3.05, 3.63) is 35.6 Å². The molecule has 2 aliphatic heterocycles. The molecule has 5 rings (SSSR count). The molecule has 5 aliphatic rings. The molecule has 9 atom stereocenters. The Bertz CT molecular complexity index is 966. The largest absolute Gasteiger partial charge is 0.511 e. The van der Waals surface area contributed by atoms with Crippen LogP contribution in [0, 0.1) is 47.3 Å². The zero-order valence-corrected chi connectivity index (χ0v) is 21.0. The monoisotopic (exact) mass is 480 g/mol. The van der Waals surface area contributed by atoms with Gasteiger partial charge in [-0.3, -0.25) is 14.4 Å². The average molecular weight is 481 g/mol. The van der Waals surface area contributed by atoms with Crippen LogP contribution in [0.25, 0.3) is 0 Å². The fourth-order valence-corrected chi connectivity index (χ4v) is 8.29. The summed E-state index contributed by atoms with van der Waals surface area (Å²) in [4.78, 5) is 37.6. The van der Waals surface area contributed by atoms with Crippen molar-refractivity contribution in [3.8, 4) is 0 Å². The van der Waals surface area contributed by atoms with E-state index in [1.807, 2.05) is 6.08 Å². The van der Waals surface area contributed by atoms with Crippen LogP contribution in [0.5, 0.6) is 0 Å². The van der Waals surface area contributed by atoms with Gasteiger partial charge in [-0.05, 0) is 91.9 Å². The molecule has 190 valence electrons. The topological polar surface area (TPSA) is 95.5 Å². The van der Waals surface area contributed by atoms with Crippen LogP contribution in [-0.2, 0) is 14.4 Å². The highest BCUT2D eigenvalue weighted by molar-refractivity contribution is 6.26. The van der Waals surface area contributed by atoms with Gasteiger partial charge in [0.2, 0.25) is 5.91 Å². The van der Waals surface area contributed by atoms with Crippen LogP contribution in [0.3, 0.4) is 0 Å². The smallest absolute Gasteiger partial charge is 0.259 e. The van der Waals surface area contributed by atoms with E-state index in [0.717, 1.165) is 31.1 Å². The lowest BCUT2D eigenvalue weighted by Gasteiger charge is -2.35. The Balaban J connectivity index is 1.41. The van der Waals surface area contributed by atoms with Crippen LogP contribution in [0.4, 0.5) is 0 Å². The molecule has 6 nitrogen and oxygen atoms in total. The number of allylic oxidation sites excluding steroid dienone is 4. The van der Waals surface area contributed by atoms with Crippen molar-refractivity contribution in [2.24, 2.45) is 47.3 Å². The van der Waals surface area contributed by atoms with Gasteiger partial charge in [-0.15, -0.1) is 0 Å². The molecule has 2 bridgehead atoms. The van der Waals surface area contributed by atoms with Crippen LogP contribution >= 0.6 is 0 Å². The zero-order valence-electron chi connectivity index (χ0n) is 21.0. The molecule has 3 aliphatic carbocycles. The summed E-state index contributed by atoms with van der Waals surface area (Å²) in [5, 5.41) is 16.4. The second kappa shape index (κ2) is 9.94. The lowest BCUT2D eigenvalue weighted by Crippen LogP contribution is -2.31. The molecule has 0 aromatic carbocycles. The lowest BCUT2D eigenvalue weighted by atomic mass is 9.69. The second-order valence-corrected chi connectivity index (χ2v) is 11.6. The number of carbonyl (C=O) groups excluding carboxylic acids is 3. The molecule has 2 saturated carbocycles. The van der Waals surface area contributed by atoms with Gasteiger partial charge >= 0.3 is 0 Å². The summed E-state index contributed by atoms with van der Waals surface area (Å²) in [6, 6.07) is -0.611. The Morgan fingerprint density at radius 1 is 1.03 bits per heavy atom. The van der Waals surface area contributed by atoms with Crippen molar-refractivity contribution in [2.75, 3.05) is 6.54 Å². The van der Waals surface area contributed by atoms with E-state index < -0.39 is 11.9 Å². The van der Waals surface area contributed by atoms with Gasteiger partial charge in [0.1, 0.15) is 11.3 Å². The van der Waals surface area contributed by atoms with Gasteiger partial charge < -0.3 is 15.7 Å². The summed E-state index contributed by atoms with van der Waals surface area (Å²) >= 11 is 0. The normalized spacial score (nSPS) is 43.9. The van der Waals surface area contributed by atoms with Crippen molar-refractivity contribution in [1.29, 1.82) is 0 Å². The number of ketones is 1. The Morgan fingerprint density at radius 2 is 1.80 bits per heavy atom. The Labute approximate surface area is 208 Å². The van der Waals surface area contributed by atoms with Crippen LogP contribution < -0.4 is 10.6 Å². The van der Waals surface area contributed by atoms with Crippen LogP contribution in [0.2, 0.25) is 0 Å². The van der Waals surface area contributed by atoms with Gasteiger partial charge in [-0.25, -0.2) is 0 Å². The molecular formula is C29H40N2O4. The van der Waals surface area contributed by atoms with Gasteiger partial charge in [-0.1, -0.05) is 38.5 Å². The van der Waals surface area contributed by atoms with E-state index in [1.54, 1.807) is 6.08 Å². The molecule has 3 N–H and O–H groups in total. The number of rotatable bonds is 1. The van der Waals surface area contributed by atoms with Gasteiger partial charge in [0.25, 0.3) is 5.91 Å². The third kappa shape index (κ3) is 4.49. The Hall–Kier alpha value is -2.37. The van der Waals surface area contributed by atoms with E-state index in [4.69, 9.17) is 0 Å². The first-order valence-corrected chi connectivity index (χ1v) is 13.8. The van der Waals surface area contributed by atoms with Crippen LogP contribution in [-0.4, -0.2) is 35.3 Å². The molecular weight excluding hydrogens is 440 g/mol. The fourth-order valence-electron chi connectivity index (χ4n) is 8.29. The third-order valence-electron chi connectivity index (χ3n) is 9.89. The summed E-state index contributed by atoms with van der Waals surface area (Å²) in [6.45, 7) is 5.18. The molecule has 6 heteroatoms. The van der Waals surface area contributed by atoms with E-state index in [9.17, 15) is 19.5 Å². The summed E-state index contributed by atoms with van der Waals surface area (Å²) < 4.78 is 0. The minimum absolute atomic E-state index is 0.0477. The highest BCUT2D eigenvalue weighted by Crippen LogP contribution is 2.59. The van der Waals surface area contributed by atoms with Gasteiger partial charge in [0.05, 0.1) is 6.04 Å². The molecule has 0 aromatic rings. The predicted molar refractivity (Wildman–Crippen MR) is 134 cm³/mol. The van der Waals surface area contributed by atoms with Crippen molar-refractivity contribution in [3.63, 3.8) is 0 Å². The maximum atomic E-state index is 12.8. The first-order chi connectivity index (χ1) is 16.9. The third-order valence-corrected chi connectivity index (χ3v) is 9.89. The molecule has 0 spiro atoms. The van der Waals surface area contributed by atoms with E-state index in [0.29, 0.717) is 61.3 Å². The summed E-state index contributed by atoms with van der Waals surface area (Å²) in [6.07, 6.45) is 15.3. The summed E-state index contributed by atoms with van der Waals surface area (Å²) in [7, 11) is 0. The molecule has 2 amide bonds. The van der Waals surface area contributed by atoms with Crippen LogP contribution in [0.1, 0.15) is 65.2 Å². The summed E-state index contributed by atoms with van der Waals surface area (Å²) in [5.74, 6) is 3.92. The second-order valence-electron chi connectivity index (χ2n) is 11.6. The standard InChI is InChI=1S/C29H40N2O4/c1-3-18-16(2)14-22-20(18)10-11-21-19-6-4-8-26(33)30-13-5-7-24-28(34)27(29(35)31-24)25(32)12-9-17(19)15-23(21)22/h4,8,10-11,16-24,32H,3,5-7,9,12-15H2,1-2H3,(H,30,33)(H,31,35)/b8-4?,27-25-/t16-,17-,18-,19+,20+,21-,22+,23+,24+/m1/s1. The Morgan fingerprint density at radius 3 is 2.60 bits per heavy atom. The van der Waals surface area contributed by atoms with Gasteiger partial charge in [0.15, 0.2) is 5.78 Å². The number of hydrogen-bond donors (Lipinski definition) is 3. The van der Waals surface area contributed by atoms with E-state index in [1.165, 1.54) is 12.8 Å². The Kier molecular flexibility index (Phi) is 6.91. The lowest BCUT2D eigenvalue weighted by molar-refractivity contribution is -0.118. The SMILES string of the molecule is CC[C@H]1[C@@H]2C=C[C@@H]3[C@H]4CC=CC(=O)NCCC[C@@H]5NC(=O)/C(=C(\O)CC[C@@H]4C[C@@H]3[C@H]2C[C@H]1C)C5=O. The van der Waals surface area contributed by atoms with Crippen molar-refractivity contribution < 1.29 is 19.5 Å². The first kappa shape index (κ1) is 24.3. The molecule has 2 heterocycles. The number of amides is 2. The molecule has 0 unspecified atom stereocenters. The van der Waals surface area contributed by atoms with Crippen molar-refractivity contribution in [1.82, 2.24) is 10.6 Å². The molecule has 0 radical (unpaired) electrons. The highest BCUT2D eigenvalue weighted by atomic mass is 16.3. The number of nitrogens with one attached hydrogen (secondary N) is 2. The number of fused-ring (bicyclic) bond motifs is 7. The van der Waals surface area contributed by atoms with E-state index in [-0.39, 0.29) is 23.0 Å². The summed E-state index contributed by atoms with van der Waals surface area (Å²) in [5.41, 5.74) is -0.0478. The number of hydrogen-bond acceptors (Lipinski definition) is 4. The van der Waals surface area contributed by atoms with E-state index >= 15 is 0 Å². The predicted octanol–water partition coefficient (Wildman–Crippen LogP) is 4.24. The minimum atomic E-state index is -0.611. The average Bonchev–Trinajstić information content (AvgIpc) is 3.44. The fraction of sp³-hybridized carbons (Fsp3) is 0.690. The van der Waals surface area contributed by atoms with Crippen molar-refractivity contribution >= 4 is 17.6 Å². The number of aliphatic hydroxyl groups is 1.